The minimum Gasteiger partial charge on any atom is -0.323 e. The topological polar surface area (TPSA) is 58.2 Å². The first kappa shape index (κ1) is 16.0. The Morgan fingerprint density at radius 2 is 1.89 bits per heavy atom. The maximum atomic E-state index is 12.1. The van der Waals surface area contributed by atoms with Gasteiger partial charge in [0, 0.05) is 5.02 Å². The van der Waals surface area contributed by atoms with Gasteiger partial charge in [0.05, 0.1) is 22.8 Å². The number of Topliss-reactive ketones (excluding diaryl/α,β-unsaturated/α-hetero) is 1. The molecule has 0 aliphatic rings. The first-order valence-electron chi connectivity index (χ1n) is 5.73. The average Bonchev–Trinajstić information content (AvgIpc) is 2.31. The van der Waals surface area contributed by atoms with Crippen molar-refractivity contribution in [2.24, 2.45) is 0 Å². The van der Waals surface area contributed by atoms with Gasteiger partial charge in [-0.25, -0.2) is 0 Å². The third kappa shape index (κ3) is 4.82. The van der Waals surface area contributed by atoms with Crippen molar-refractivity contribution >= 4 is 40.6 Å². The van der Waals surface area contributed by atoms with E-state index in [2.05, 4.69) is 10.6 Å². The quantitative estimate of drug-likeness (QED) is 0.879. The van der Waals surface area contributed by atoms with Crippen LogP contribution in [0.5, 0.6) is 0 Å². The van der Waals surface area contributed by atoms with Crippen molar-refractivity contribution in [3.05, 3.63) is 28.2 Å². The predicted octanol–water partition coefficient (Wildman–Crippen LogP) is 2.89. The zero-order valence-corrected chi connectivity index (χ0v) is 12.5. The summed E-state index contributed by atoms with van der Waals surface area (Å²) in [7, 11) is 0. The third-order valence-electron chi connectivity index (χ3n) is 2.52. The molecule has 4 nitrogen and oxygen atoms in total. The van der Waals surface area contributed by atoms with E-state index in [1.54, 1.807) is 32.0 Å². The molecule has 19 heavy (non-hydrogen) atoms. The van der Waals surface area contributed by atoms with E-state index in [1.807, 2.05) is 0 Å². The Bertz CT molecular complexity index is 501. The van der Waals surface area contributed by atoms with Gasteiger partial charge in [0.15, 0.2) is 0 Å². The molecule has 0 radical (unpaired) electrons. The van der Waals surface area contributed by atoms with Crippen LogP contribution in [0.15, 0.2) is 18.2 Å². The van der Waals surface area contributed by atoms with Crippen molar-refractivity contribution in [1.82, 2.24) is 5.32 Å². The van der Waals surface area contributed by atoms with E-state index in [0.717, 1.165) is 0 Å². The fraction of sp³-hybridized carbons (Fsp3) is 0.385. The molecule has 0 saturated heterocycles. The molecule has 0 atom stereocenters. The summed E-state index contributed by atoms with van der Waals surface area (Å²) in [6.45, 7) is 4.95. The van der Waals surface area contributed by atoms with Gasteiger partial charge in [0.25, 0.3) is 0 Å². The number of rotatable bonds is 5. The lowest BCUT2D eigenvalue weighted by Crippen LogP contribution is -2.51. The van der Waals surface area contributed by atoms with Crippen LogP contribution in [0.1, 0.15) is 20.8 Å². The second-order valence-corrected chi connectivity index (χ2v) is 5.60. The number of halogens is 2. The summed E-state index contributed by atoms with van der Waals surface area (Å²) < 4.78 is 0. The number of nitrogens with one attached hydrogen (secondary N) is 2. The fourth-order valence-electron chi connectivity index (χ4n) is 1.30. The first-order chi connectivity index (χ1) is 8.72. The molecule has 0 heterocycles. The Balaban J connectivity index is 2.78. The van der Waals surface area contributed by atoms with Gasteiger partial charge in [0.1, 0.15) is 5.78 Å². The molecule has 2 N–H and O–H groups in total. The number of benzene rings is 1. The lowest BCUT2D eigenvalue weighted by atomic mass is 10.0. The molecule has 0 saturated carbocycles. The van der Waals surface area contributed by atoms with Gasteiger partial charge in [-0.2, -0.15) is 0 Å². The zero-order valence-electron chi connectivity index (χ0n) is 11.0. The highest BCUT2D eigenvalue weighted by Gasteiger charge is 2.27. The van der Waals surface area contributed by atoms with Crippen molar-refractivity contribution < 1.29 is 9.59 Å². The highest BCUT2D eigenvalue weighted by atomic mass is 35.5. The first-order valence-corrected chi connectivity index (χ1v) is 6.49. The minimum atomic E-state index is -0.892. The second kappa shape index (κ2) is 6.37. The highest BCUT2D eigenvalue weighted by Crippen LogP contribution is 2.26. The molecular weight excluding hydrogens is 287 g/mol. The monoisotopic (exact) mass is 302 g/mol. The Labute approximate surface area is 122 Å². The van der Waals surface area contributed by atoms with Gasteiger partial charge in [-0.1, -0.05) is 23.2 Å². The standard InChI is InChI=1S/C13H16Cl2N2O2/c1-8(18)7-16-13(2,3)12(19)17-11-6-9(14)4-5-10(11)15/h4-6,16H,7H2,1-3H3,(H,17,19). The Hall–Kier alpha value is -1.10. The molecule has 0 unspecified atom stereocenters. The maximum Gasteiger partial charge on any atom is 0.244 e. The van der Waals surface area contributed by atoms with Crippen LogP contribution in [0.2, 0.25) is 10.0 Å². The SMILES string of the molecule is CC(=O)CNC(C)(C)C(=O)Nc1cc(Cl)ccc1Cl. The molecule has 1 aromatic carbocycles. The van der Waals surface area contributed by atoms with E-state index in [9.17, 15) is 9.59 Å². The Kier molecular flexibility index (Phi) is 5.35. The van der Waals surface area contributed by atoms with Crippen LogP contribution >= 0.6 is 23.2 Å². The van der Waals surface area contributed by atoms with Gasteiger partial charge < -0.3 is 5.32 Å². The summed E-state index contributed by atoms with van der Waals surface area (Å²) in [6, 6.07) is 4.82. The molecule has 0 fully saturated rings. The number of amides is 1. The largest absolute Gasteiger partial charge is 0.323 e. The van der Waals surface area contributed by atoms with Crippen molar-refractivity contribution in [3.63, 3.8) is 0 Å². The van der Waals surface area contributed by atoms with Gasteiger partial charge in [-0.3, -0.25) is 14.9 Å². The average molecular weight is 303 g/mol. The lowest BCUT2D eigenvalue weighted by molar-refractivity contribution is -0.122. The molecule has 1 amide bonds. The van der Waals surface area contributed by atoms with Crippen LogP contribution in [-0.2, 0) is 9.59 Å². The van der Waals surface area contributed by atoms with E-state index in [4.69, 9.17) is 23.2 Å². The van der Waals surface area contributed by atoms with Crippen molar-refractivity contribution in [2.45, 2.75) is 26.3 Å². The van der Waals surface area contributed by atoms with Crippen LogP contribution in [0.4, 0.5) is 5.69 Å². The summed E-state index contributed by atoms with van der Waals surface area (Å²) in [6.07, 6.45) is 0. The Morgan fingerprint density at radius 3 is 2.47 bits per heavy atom. The number of hydrogen-bond acceptors (Lipinski definition) is 3. The lowest BCUT2D eigenvalue weighted by Gasteiger charge is -2.25. The number of carbonyl (C=O) groups excluding carboxylic acids is 2. The van der Waals surface area contributed by atoms with Crippen molar-refractivity contribution in [2.75, 3.05) is 11.9 Å². The molecular formula is C13H16Cl2N2O2. The maximum absolute atomic E-state index is 12.1. The number of ketones is 1. The van der Waals surface area contributed by atoms with E-state index in [-0.39, 0.29) is 18.2 Å². The molecule has 104 valence electrons. The molecule has 1 rings (SSSR count). The van der Waals surface area contributed by atoms with Crippen LogP contribution in [-0.4, -0.2) is 23.8 Å². The van der Waals surface area contributed by atoms with E-state index >= 15 is 0 Å². The van der Waals surface area contributed by atoms with Crippen LogP contribution in [0, 0.1) is 0 Å². The summed E-state index contributed by atoms with van der Waals surface area (Å²) in [5.41, 5.74) is -0.450. The Morgan fingerprint density at radius 1 is 1.26 bits per heavy atom. The smallest absolute Gasteiger partial charge is 0.244 e. The number of hydrogen-bond donors (Lipinski definition) is 2. The van der Waals surface area contributed by atoms with Crippen LogP contribution in [0.3, 0.4) is 0 Å². The minimum absolute atomic E-state index is 0.0401. The van der Waals surface area contributed by atoms with Gasteiger partial charge in [-0.05, 0) is 39.0 Å². The van der Waals surface area contributed by atoms with Crippen molar-refractivity contribution in [3.8, 4) is 0 Å². The third-order valence-corrected chi connectivity index (χ3v) is 3.09. The summed E-state index contributed by atoms with van der Waals surface area (Å²) in [5, 5.41) is 6.44. The molecule has 0 aliphatic carbocycles. The molecule has 0 bridgehead atoms. The van der Waals surface area contributed by atoms with Gasteiger partial charge >= 0.3 is 0 Å². The van der Waals surface area contributed by atoms with Crippen LogP contribution < -0.4 is 10.6 Å². The van der Waals surface area contributed by atoms with Crippen molar-refractivity contribution in [1.29, 1.82) is 0 Å². The van der Waals surface area contributed by atoms with Gasteiger partial charge in [-0.15, -0.1) is 0 Å². The molecule has 6 heteroatoms. The molecule has 0 aliphatic heterocycles. The molecule has 0 aromatic heterocycles. The summed E-state index contributed by atoms with van der Waals surface area (Å²) >= 11 is 11.8. The highest BCUT2D eigenvalue weighted by molar-refractivity contribution is 6.35. The molecule has 1 aromatic rings. The van der Waals surface area contributed by atoms with E-state index < -0.39 is 5.54 Å². The summed E-state index contributed by atoms with van der Waals surface area (Å²) in [5.74, 6) is -0.334. The van der Waals surface area contributed by atoms with E-state index in [1.165, 1.54) is 6.92 Å². The van der Waals surface area contributed by atoms with Crippen LogP contribution in [0.25, 0.3) is 0 Å². The normalized spacial score (nSPS) is 11.2. The number of anilines is 1. The fourth-order valence-corrected chi connectivity index (χ4v) is 1.63. The predicted molar refractivity (Wildman–Crippen MR) is 77.9 cm³/mol. The van der Waals surface area contributed by atoms with Gasteiger partial charge in [0.2, 0.25) is 5.91 Å². The zero-order chi connectivity index (χ0) is 14.6. The van der Waals surface area contributed by atoms with E-state index in [0.29, 0.717) is 15.7 Å². The molecule has 0 spiro atoms. The number of carbonyl (C=O) groups is 2. The summed E-state index contributed by atoms with van der Waals surface area (Å²) in [4.78, 5) is 23.1. The second-order valence-electron chi connectivity index (χ2n) is 4.76.